The molecule has 2 aromatic carbocycles. The second-order valence-electron chi connectivity index (χ2n) is 4.12. The molecule has 20 heavy (non-hydrogen) atoms. The topological polar surface area (TPSA) is 55.2 Å². The second-order valence-corrected chi connectivity index (χ2v) is 4.97. The van der Waals surface area contributed by atoms with Crippen LogP contribution in [0.3, 0.4) is 0 Å². The molecule has 0 bridgehead atoms. The maximum Gasteiger partial charge on any atom is 0.270 e. The van der Waals surface area contributed by atoms with Gasteiger partial charge in [-0.3, -0.25) is 10.1 Å². The molecule has 0 heterocycles. The monoisotopic (exact) mass is 332 g/mol. The standard InChI is InChI=1S/C15H13BrN2O2/c16-14-11-13(18(19)20)8-9-15(14)17-10-4-7-12-5-2-1-3-6-12/h1-9,11,17H,10H2/b7-4+. The van der Waals surface area contributed by atoms with Gasteiger partial charge in [0.15, 0.2) is 0 Å². The molecule has 0 aliphatic rings. The summed E-state index contributed by atoms with van der Waals surface area (Å²) >= 11 is 3.32. The number of hydrogen-bond acceptors (Lipinski definition) is 3. The lowest BCUT2D eigenvalue weighted by molar-refractivity contribution is -0.384. The fourth-order valence-electron chi connectivity index (χ4n) is 1.69. The van der Waals surface area contributed by atoms with E-state index in [1.54, 1.807) is 6.07 Å². The smallest absolute Gasteiger partial charge is 0.270 e. The van der Waals surface area contributed by atoms with Gasteiger partial charge in [-0.2, -0.15) is 0 Å². The summed E-state index contributed by atoms with van der Waals surface area (Å²) in [7, 11) is 0. The van der Waals surface area contributed by atoms with Crippen LogP contribution >= 0.6 is 15.9 Å². The van der Waals surface area contributed by atoms with E-state index in [1.807, 2.05) is 42.5 Å². The number of nitrogens with zero attached hydrogens (tertiary/aromatic N) is 1. The molecule has 5 heteroatoms. The summed E-state index contributed by atoms with van der Waals surface area (Å²) in [5.74, 6) is 0. The molecule has 0 saturated carbocycles. The van der Waals surface area contributed by atoms with Crippen LogP contribution in [0.2, 0.25) is 0 Å². The molecule has 4 nitrogen and oxygen atoms in total. The molecule has 0 aliphatic heterocycles. The number of anilines is 1. The SMILES string of the molecule is O=[N+]([O-])c1ccc(NC/C=C/c2ccccc2)c(Br)c1. The Morgan fingerprint density at radius 2 is 1.95 bits per heavy atom. The van der Waals surface area contributed by atoms with Crippen LogP contribution in [0.1, 0.15) is 5.56 Å². The number of nitro benzene ring substituents is 1. The molecule has 0 unspecified atom stereocenters. The molecular formula is C15H13BrN2O2. The highest BCUT2D eigenvalue weighted by molar-refractivity contribution is 9.10. The lowest BCUT2D eigenvalue weighted by Crippen LogP contribution is -1.99. The largest absolute Gasteiger partial charge is 0.381 e. The average Bonchev–Trinajstić information content (AvgIpc) is 2.46. The molecule has 0 spiro atoms. The van der Waals surface area contributed by atoms with E-state index >= 15 is 0 Å². The van der Waals surface area contributed by atoms with Gasteiger partial charge in [0.1, 0.15) is 0 Å². The highest BCUT2D eigenvalue weighted by atomic mass is 79.9. The summed E-state index contributed by atoms with van der Waals surface area (Å²) in [5.41, 5.74) is 2.03. The summed E-state index contributed by atoms with van der Waals surface area (Å²) in [4.78, 5) is 10.2. The predicted octanol–water partition coefficient (Wildman–Crippen LogP) is 4.48. The van der Waals surface area contributed by atoms with Crippen molar-refractivity contribution in [1.82, 2.24) is 0 Å². The second kappa shape index (κ2) is 6.86. The Labute approximate surface area is 125 Å². The van der Waals surface area contributed by atoms with Crippen molar-refractivity contribution in [1.29, 1.82) is 0 Å². The average molecular weight is 333 g/mol. The van der Waals surface area contributed by atoms with Crippen LogP contribution in [0, 0.1) is 10.1 Å². The van der Waals surface area contributed by atoms with E-state index in [-0.39, 0.29) is 5.69 Å². The van der Waals surface area contributed by atoms with Gasteiger partial charge in [-0.25, -0.2) is 0 Å². The molecule has 102 valence electrons. The molecule has 2 aromatic rings. The van der Waals surface area contributed by atoms with Crippen molar-refractivity contribution in [3.63, 3.8) is 0 Å². The Morgan fingerprint density at radius 3 is 2.60 bits per heavy atom. The zero-order valence-electron chi connectivity index (χ0n) is 10.6. The van der Waals surface area contributed by atoms with Crippen molar-refractivity contribution in [3.05, 3.63) is 74.8 Å². The highest BCUT2D eigenvalue weighted by Gasteiger charge is 2.07. The summed E-state index contributed by atoms with van der Waals surface area (Å²) in [5, 5.41) is 13.8. The van der Waals surface area contributed by atoms with Crippen LogP contribution in [-0.4, -0.2) is 11.5 Å². The van der Waals surface area contributed by atoms with Crippen LogP contribution < -0.4 is 5.32 Å². The molecule has 0 aliphatic carbocycles. The van der Waals surface area contributed by atoms with Crippen LogP contribution in [0.15, 0.2) is 59.1 Å². The van der Waals surface area contributed by atoms with Crippen LogP contribution in [0.5, 0.6) is 0 Å². The normalized spacial score (nSPS) is 10.7. The quantitative estimate of drug-likeness (QED) is 0.648. The summed E-state index contributed by atoms with van der Waals surface area (Å²) < 4.78 is 0.680. The zero-order valence-corrected chi connectivity index (χ0v) is 12.2. The Balaban J connectivity index is 1.94. The van der Waals surface area contributed by atoms with Crippen LogP contribution in [0.4, 0.5) is 11.4 Å². The molecule has 1 N–H and O–H groups in total. The van der Waals surface area contributed by atoms with Crippen molar-refractivity contribution in [3.8, 4) is 0 Å². The van der Waals surface area contributed by atoms with E-state index in [9.17, 15) is 10.1 Å². The lowest BCUT2D eigenvalue weighted by atomic mass is 10.2. The molecule has 0 radical (unpaired) electrons. The summed E-state index contributed by atoms with van der Waals surface area (Å²) in [6.45, 7) is 0.644. The Hall–Kier alpha value is -2.14. The molecule has 0 saturated heterocycles. The van der Waals surface area contributed by atoms with Crippen LogP contribution in [0.25, 0.3) is 6.08 Å². The number of halogens is 1. The molecular weight excluding hydrogens is 320 g/mol. The van der Waals surface area contributed by atoms with Gasteiger partial charge in [-0.05, 0) is 27.6 Å². The number of rotatable bonds is 5. The van der Waals surface area contributed by atoms with E-state index in [1.165, 1.54) is 12.1 Å². The van der Waals surface area contributed by atoms with Crippen molar-refractivity contribution in [2.45, 2.75) is 0 Å². The summed E-state index contributed by atoms with van der Waals surface area (Å²) in [6, 6.07) is 14.7. The van der Waals surface area contributed by atoms with Gasteiger partial charge < -0.3 is 5.32 Å². The zero-order chi connectivity index (χ0) is 14.4. The number of benzene rings is 2. The third-order valence-corrected chi connectivity index (χ3v) is 3.34. The van der Waals surface area contributed by atoms with Crippen molar-refractivity contribution >= 4 is 33.4 Å². The van der Waals surface area contributed by atoms with Crippen molar-refractivity contribution < 1.29 is 4.92 Å². The fourth-order valence-corrected chi connectivity index (χ4v) is 2.20. The Bertz CT molecular complexity index is 627. The minimum absolute atomic E-state index is 0.0715. The number of nitrogens with one attached hydrogen (secondary N) is 1. The van der Waals surface area contributed by atoms with Gasteiger partial charge in [0.2, 0.25) is 0 Å². The maximum atomic E-state index is 10.6. The predicted molar refractivity (Wildman–Crippen MR) is 84.8 cm³/mol. The van der Waals surface area contributed by atoms with E-state index < -0.39 is 4.92 Å². The van der Waals surface area contributed by atoms with E-state index in [0.717, 1.165) is 11.3 Å². The molecule has 2 rings (SSSR count). The van der Waals surface area contributed by atoms with Gasteiger partial charge >= 0.3 is 0 Å². The summed E-state index contributed by atoms with van der Waals surface area (Å²) in [6.07, 6.45) is 4.02. The van der Waals surface area contributed by atoms with Gasteiger partial charge in [0.25, 0.3) is 5.69 Å². The van der Waals surface area contributed by atoms with Gasteiger partial charge in [0, 0.05) is 28.8 Å². The Kier molecular flexibility index (Phi) is 4.90. The molecule has 0 fully saturated rings. The number of non-ortho nitro benzene ring substituents is 1. The number of nitro groups is 1. The molecule has 0 aromatic heterocycles. The minimum Gasteiger partial charge on any atom is -0.381 e. The van der Waals surface area contributed by atoms with Gasteiger partial charge in [-0.15, -0.1) is 0 Å². The molecule has 0 atom stereocenters. The van der Waals surface area contributed by atoms with Crippen molar-refractivity contribution in [2.75, 3.05) is 11.9 Å². The van der Waals surface area contributed by atoms with Crippen LogP contribution in [-0.2, 0) is 0 Å². The maximum absolute atomic E-state index is 10.6. The minimum atomic E-state index is -0.413. The van der Waals surface area contributed by atoms with E-state index in [4.69, 9.17) is 0 Å². The lowest BCUT2D eigenvalue weighted by Gasteiger charge is -2.05. The van der Waals surface area contributed by atoms with Gasteiger partial charge in [-0.1, -0.05) is 42.5 Å². The third-order valence-electron chi connectivity index (χ3n) is 2.68. The number of hydrogen-bond donors (Lipinski definition) is 1. The third kappa shape index (κ3) is 3.93. The molecule has 0 amide bonds. The fraction of sp³-hybridized carbons (Fsp3) is 0.0667. The first-order valence-electron chi connectivity index (χ1n) is 6.06. The first-order chi connectivity index (χ1) is 9.66. The Morgan fingerprint density at radius 1 is 1.20 bits per heavy atom. The van der Waals surface area contributed by atoms with E-state index in [2.05, 4.69) is 21.2 Å². The first kappa shape index (κ1) is 14.3. The highest BCUT2D eigenvalue weighted by Crippen LogP contribution is 2.26. The van der Waals surface area contributed by atoms with Crippen molar-refractivity contribution in [2.24, 2.45) is 0 Å². The first-order valence-corrected chi connectivity index (χ1v) is 6.85. The van der Waals surface area contributed by atoms with Gasteiger partial charge in [0.05, 0.1) is 4.92 Å². The van der Waals surface area contributed by atoms with E-state index in [0.29, 0.717) is 11.0 Å².